The minimum atomic E-state index is 0.0266. The van der Waals surface area contributed by atoms with Gasteiger partial charge in [0.15, 0.2) is 5.78 Å². The van der Waals surface area contributed by atoms with Crippen LogP contribution in [0.5, 0.6) is 0 Å². The predicted molar refractivity (Wildman–Crippen MR) is 56.3 cm³/mol. The van der Waals surface area contributed by atoms with E-state index in [4.69, 9.17) is 11.6 Å². The van der Waals surface area contributed by atoms with Crippen LogP contribution in [0.2, 0.25) is 5.02 Å². The first kappa shape index (κ1) is 9.10. The number of halogens is 1. The zero-order valence-electron chi connectivity index (χ0n) is 7.00. The Morgan fingerprint density at radius 2 is 2.31 bits per heavy atom. The average molecular weight is 213 g/mol. The van der Waals surface area contributed by atoms with E-state index in [1.54, 1.807) is 11.8 Å². The molecule has 3 heteroatoms. The van der Waals surface area contributed by atoms with Gasteiger partial charge in [0.05, 0.1) is 5.25 Å². The number of hydrogen-bond donors (Lipinski definition) is 0. The highest BCUT2D eigenvalue weighted by Crippen LogP contribution is 2.37. The van der Waals surface area contributed by atoms with Crippen LogP contribution in [0.3, 0.4) is 0 Å². The molecule has 1 aliphatic heterocycles. The zero-order chi connectivity index (χ0) is 9.26. The van der Waals surface area contributed by atoms with E-state index < -0.39 is 0 Å². The molecule has 0 amide bonds. The van der Waals surface area contributed by atoms with Crippen molar-refractivity contribution in [3.05, 3.63) is 34.9 Å². The predicted octanol–water partition coefficient (Wildman–Crippen LogP) is 3.09. The molecule has 0 aromatic heterocycles. The molecular formula is C10H9ClOS. The lowest BCUT2D eigenvalue weighted by Gasteiger charge is -2.07. The summed E-state index contributed by atoms with van der Waals surface area (Å²) in [5.74, 6) is 1.27. The normalized spacial score (nSPS) is 22.2. The fraction of sp³-hybridized carbons (Fsp3) is 0.300. The molecular weight excluding hydrogens is 204 g/mol. The Balaban J connectivity index is 2.29. The highest BCUT2D eigenvalue weighted by molar-refractivity contribution is 8.00. The Kier molecular flexibility index (Phi) is 2.61. The van der Waals surface area contributed by atoms with Gasteiger partial charge in [0.2, 0.25) is 0 Å². The van der Waals surface area contributed by atoms with Gasteiger partial charge in [-0.2, -0.15) is 0 Å². The minimum Gasteiger partial charge on any atom is -0.298 e. The second-order valence-electron chi connectivity index (χ2n) is 3.02. The summed E-state index contributed by atoms with van der Waals surface area (Å²) >= 11 is 7.55. The molecule has 0 radical (unpaired) electrons. The SMILES string of the molecule is O=C1CCSC1c1cccc(Cl)c1. The van der Waals surface area contributed by atoms with Crippen molar-refractivity contribution in [2.45, 2.75) is 11.7 Å². The maximum Gasteiger partial charge on any atom is 0.151 e. The second-order valence-corrected chi connectivity index (χ2v) is 4.67. The summed E-state index contributed by atoms with van der Waals surface area (Å²) in [7, 11) is 0. The molecule has 1 atom stereocenters. The molecule has 2 rings (SSSR count). The van der Waals surface area contributed by atoms with E-state index >= 15 is 0 Å². The average Bonchev–Trinajstić information content (AvgIpc) is 2.51. The maximum atomic E-state index is 11.4. The number of rotatable bonds is 1. The van der Waals surface area contributed by atoms with Gasteiger partial charge in [0, 0.05) is 17.2 Å². The highest BCUT2D eigenvalue weighted by atomic mass is 35.5. The number of thioether (sulfide) groups is 1. The monoisotopic (exact) mass is 212 g/mol. The number of carbonyl (C=O) groups is 1. The molecule has 0 aliphatic carbocycles. The first-order chi connectivity index (χ1) is 6.27. The van der Waals surface area contributed by atoms with E-state index in [2.05, 4.69) is 0 Å². The van der Waals surface area contributed by atoms with E-state index in [-0.39, 0.29) is 5.25 Å². The van der Waals surface area contributed by atoms with Crippen molar-refractivity contribution >= 4 is 29.1 Å². The van der Waals surface area contributed by atoms with Crippen molar-refractivity contribution in [1.82, 2.24) is 0 Å². The van der Waals surface area contributed by atoms with E-state index in [1.165, 1.54) is 0 Å². The molecule has 0 bridgehead atoms. The van der Waals surface area contributed by atoms with Gasteiger partial charge in [-0.05, 0) is 17.7 Å². The maximum absolute atomic E-state index is 11.4. The van der Waals surface area contributed by atoms with Gasteiger partial charge in [0.1, 0.15) is 0 Å². The van der Waals surface area contributed by atoms with Crippen LogP contribution in [0, 0.1) is 0 Å². The lowest BCUT2D eigenvalue weighted by atomic mass is 10.1. The summed E-state index contributed by atoms with van der Waals surface area (Å²) in [5.41, 5.74) is 1.04. The molecule has 1 fully saturated rings. The van der Waals surface area contributed by atoms with Gasteiger partial charge in [-0.15, -0.1) is 11.8 Å². The van der Waals surface area contributed by atoms with Crippen molar-refractivity contribution in [1.29, 1.82) is 0 Å². The largest absolute Gasteiger partial charge is 0.298 e. The van der Waals surface area contributed by atoms with Crippen LogP contribution < -0.4 is 0 Å². The quantitative estimate of drug-likeness (QED) is 0.712. The molecule has 1 unspecified atom stereocenters. The van der Waals surface area contributed by atoms with E-state index in [9.17, 15) is 4.79 Å². The third-order valence-corrected chi connectivity index (χ3v) is 3.62. The molecule has 13 heavy (non-hydrogen) atoms. The number of ketones is 1. The van der Waals surface area contributed by atoms with Gasteiger partial charge >= 0.3 is 0 Å². The molecule has 1 aromatic carbocycles. The molecule has 68 valence electrons. The zero-order valence-corrected chi connectivity index (χ0v) is 8.57. The van der Waals surface area contributed by atoms with Gasteiger partial charge < -0.3 is 0 Å². The fourth-order valence-corrected chi connectivity index (χ4v) is 2.85. The smallest absolute Gasteiger partial charge is 0.151 e. The Labute approximate surface area is 86.5 Å². The van der Waals surface area contributed by atoms with Crippen molar-refractivity contribution in [2.75, 3.05) is 5.75 Å². The Hall–Kier alpha value is -0.470. The molecule has 1 heterocycles. The van der Waals surface area contributed by atoms with Gasteiger partial charge in [-0.25, -0.2) is 0 Å². The summed E-state index contributed by atoms with van der Waals surface area (Å²) in [5, 5.41) is 0.733. The topological polar surface area (TPSA) is 17.1 Å². The number of Topliss-reactive ketones (excluding diaryl/α,β-unsaturated/α-hetero) is 1. The first-order valence-electron chi connectivity index (χ1n) is 4.17. The van der Waals surface area contributed by atoms with Gasteiger partial charge in [-0.3, -0.25) is 4.79 Å². The molecule has 0 spiro atoms. The molecule has 1 aromatic rings. The van der Waals surface area contributed by atoms with Crippen LogP contribution in [0.15, 0.2) is 24.3 Å². The standard InChI is InChI=1S/C10H9ClOS/c11-8-3-1-2-7(6-8)10-9(12)4-5-13-10/h1-3,6,10H,4-5H2. The van der Waals surface area contributed by atoms with Crippen molar-refractivity contribution < 1.29 is 4.79 Å². The lowest BCUT2D eigenvalue weighted by molar-refractivity contribution is -0.117. The second kappa shape index (κ2) is 3.72. The van der Waals surface area contributed by atoms with Crippen LogP contribution in [0.1, 0.15) is 17.2 Å². The van der Waals surface area contributed by atoms with Crippen LogP contribution in [0.25, 0.3) is 0 Å². The van der Waals surface area contributed by atoms with E-state index in [1.807, 2.05) is 24.3 Å². The van der Waals surface area contributed by atoms with Crippen molar-refractivity contribution in [2.24, 2.45) is 0 Å². The highest BCUT2D eigenvalue weighted by Gasteiger charge is 2.26. The van der Waals surface area contributed by atoms with E-state index in [0.29, 0.717) is 17.2 Å². The minimum absolute atomic E-state index is 0.0266. The molecule has 1 nitrogen and oxygen atoms in total. The Bertz CT molecular complexity index is 337. The van der Waals surface area contributed by atoms with Crippen molar-refractivity contribution in [3.63, 3.8) is 0 Å². The Morgan fingerprint density at radius 1 is 1.46 bits per heavy atom. The Morgan fingerprint density at radius 3 is 2.92 bits per heavy atom. The van der Waals surface area contributed by atoms with Crippen LogP contribution in [0.4, 0.5) is 0 Å². The molecule has 0 saturated carbocycles. The summed E-state index contributed by atoms with van der Waals surface area (Å²) in [6.07, 6.45) is 0.696. The number of hydrogen-bond acceptors (Lipinski definition) is 2. The number of benzene rings is 1. The van der Waals surface area contributed by atoms with Crippen molar-refractivity contribution in [3.8, 4) is 0 Å². The third-order valence-electron chi connectivity index (χ3n) is 2.08. The molecule has 1 aliphatic rings. The van der Waals surface area contributed by atoms with Crippen LogP contribution in [-0.2, 0) is 4.79 Å². The summed E-state index contributed by atoms with van der Waals surface area (Å²) in [4.78, 5) is 11.4. The van der Waals surface area contributed by atoms with Gasteiger partial charge in [0.25, 0.3) is 0 Å². The third kappa shape index (κ3) is 1.89. The first-order valence-corrected chi connectivity index (χ1v) is 5.60. The summed E-state index contributed by atoms with van der Waals surface area (Å²) in [6, 6.07) is 7.56. The lowest BCUT2D eigenvalue weighted by Crippen LogP contribution is -2.01. The molecule has 1 saturated heterocycles. The number of carbonyl (C=O) groups excluding carboxylic acids is 1. The van der Waals surface area contributed by atoms with E-state index in [0.717, 1.165) is 11.3 Å². The fourth-order valence-electron chi connectivity index (χ4n) is 1.45. The summed E-state index contributed by atoms with van der Waals surface area (Å²) < 4.78 is 0. The molecule has 0 N–H and O–H groups in total. The van der Waals surface area contributed by atoms with Gasteiger partial charge in [-0.1, -0.05) is 23.7 Å². The van der Waals surface area contributed by atoms with Crippen LogP contribution in [-0.4, -0.2) is 11.5 Å². The van der Waals surface area contributed by atoms with Crippen LogP contribution >= 0.6 is 23.4 Å². The summed E-state index contributed by atoms with van der Waals surface area (Å²) in [6.45, 7) is 0.